The highest BCUT2D eigenvalue weighted by Crippen LogP contribution is 2.26. The molecule has 1 unspecified atom stereocenters. The summed E-state index contributed by atoms with van der Waals surface area (Å²) in [5.41, 5.74) is 1.52. The second-order valence-electron chi connectivity index (χ2n) is 8.10. The molecular weight excluding hydrogens is 447 g/mol. The van der Waals surface area contributed by atoms with Crippen LogP contribution in [0.4, 0.5) is 4.39 Å². The fourth-order valence-electron chi connectivity index (χ4n) is 4.15. The van der Waals surface area contributed by atoms with E-state index < -0.39 is 0 Å². The SMILES string of the molecule is O=C(c1ccc(F)cc1)N1CCCC(c2nc3c(nnn3Cc3cccc(Cl)c3)c(=O)[nH]2)C1. The molecule has 0 radical (unpaired) electrons. The van der Waals surface area contributed by atoms with E-state index in [4.69, 9.17) is 11.6 Å². The largest absolute Gasteiger partial charge is 0.338 e. The van der Waals surface area contributed by atoms with E-state index in [0.717, 1.165) is 18.4 Å². The van der Waals surface area contributed by atoms with E-state index in [1.165, 1.54) is 24.3 Å². The molecule has 0 aliphatic carbocycles. The molecule has 8 nitrogen and oxygen atoms in total. The number of aromatic amines is 1. The van der Waals surface area contributed by atoms with E-state index in [-0.39, 0.29) is 28.7 Å². The number of rotatable bonds is 4. The molecule has 0 spiro atoms. The van der Waals surface area contributed by atoms with Gasteiger partial charge in [0.25, 0.3) is 11.5 Å². The Balaban J connectivity index is 1.42. The predicted octanol–water partition coefficient (Wildman–Crippen LogP) is 3.38. The number of halogens is 2. The number of benzene rings is 2. The summed E-state index contributed by atoms with van der Waals surface area (Å²) in [6.45, 7) is 1.36. The van der Waals surface area contributed by atoms with Crippen molar-refractivity contribution in [2.24, 2.45) is 0 Å². The first kappa shape index (κ1) is 21.3. The third-order valence-electron chi connectivity index (χ3n) is 5.80. The number of hydrogen-bond donors (Lipinski definition) is 1. The van der Waals surface area contributed by atoms with Gasteiger partial charge < -0.3 is 9.88 Å². The van der Waals surface area contributed by atoms with Crippen molar-refractivity contribution in [2.75, 3.05) is 13.1 Å². The van der Waals surface area contributed by atoms with Crippen LogP contribution in [-0.4, -0.2) is 48.9 Å². The quantitative estimate of drug-likeness (QED) is 0.497. The minimum atomic E-state index is -0.388. The Labute approximate surface area is 193 Å². The molecule has 2 aromatic carbocycles. The number of nitrogens with one attached hydrogen (secondary N) is 1. The van der Waals surface area contributed by atoms with Gasteiger partial charge in [-0.15, -0.1) is 5.10 Å². The van der Waals surface area contributed by atoms with Crippen molar-refractivity contribution in [3.63, 3.8) is 0 Å². The topological polar surface area (TPSA) is 96.8 Å². The molecule has 33 heavy (non-hydrogen) atoms. The zero-order chi connectivity index (χ0) is 22.9. The molecule has 1 aliphatic heterocycles. The van der Waals surface area contributed by atoms with Crippen LogP contribution in [0.15, 0.2) is 53.3 Å². The first-order valence-corrected chi connectivity index (χ1v) is 11.0. The normalized spacial score (nSPS) is 16.3. The zero-order valence-corrected chi connectivity index (χ0v) is 18.3. The van der Waals surface area contributed by atoms with E-state index in [9.17, 15) is 14.0 Å². The summed E-state index contributed by atoms with van der Waals surface area (Å²) in [4.78, 5) is 34.8. The maximum Gasteiger partial charge on any atom is 0.281 e. The molecule has 1 amide bonds. The molecule has 0 saturated carbocycles. The molecular formula is C23H20ClFN6O2. The summed E-state index contributed by atoms with van der Waals surface area (Å²) < 4.78 is 14.8. The third kappa shape index (κ3) is 4.36. The Hall–Kier alpha value is -3.59. The molecule has 2 aromatic heterocycles. The lowest BCUT2D eigenvalue weighted by Gasteiger charge is -2.32. The van der Waals surface area contributed by atoms with Crippen LogP contribution in [0, 0.1) is 5.82 Å². The van der Waals surface area contributed by atoms with Crippen LogP contribution >= 0.6 is 11.6 Å². The Morgan fingerprint density at radius 1 is 1.21 bits per heavy atom. The fourth-order valence-corrected chi connectivity index (χ4v) is 4.36. The van der Waals surface area contributed by atoms with Crippen molar-refractivity contribution in [3.05, 3.63) is 86.7 Å². The van der Waals surface area contributed by atoms with Crippen molar-refractivity contribution in [2.45, 2.75) is 25.3 Å². The highest BCUT2D eigenvalue weighted by atomic mass is 35.5. The standard InChI is InChI=1S/C23H20ClFN6O2/c24-17-5-1-3-14(11-17)12-31-21-19(28-29-31)22(32)27-20(26-21)16-4-2-10-30(13-16)23(33)15-6-8-18(25)9-7-15/h1,3,5-9,11,16H,2,4,10,12-13H2,(H,26,27,32). The minimum Gasteiger partial charge on any atom is -0.338 e. The number of fused-ring (bicyclic) bond motifs is 1. The van der Waals surface area contributed by atoms with Gasteiger partial charge in [-0.25, -0.2) is 14.1 Å². The number of likely N-dealkylation sites (tertiary alicyclic amines) is 1. The maximum absolute atomic E-state index is 13.2. The van der Waals surface area contributed by atoms with Crippen LogP contribution in [0.25, 0.3) is 11.2 Å². The molecule has 4 aromatic rings. The van der Waals surface area contributed by atoms with Gasteiger partial charge in [0.15, 0.2) is 11.2 Å². The average molecular weight is 467 g/mol. The average Bonchev–Trinajstić information content (AvgIpc) is 3.22. The first-order valence-electron chi connectivity index (χ1n) is 10.6. The Bertz CT molecular complexity index is 1380. The van der Waals surface area contributed by atoms with Crippen LogP contribution in [-0.2, 0) is 6.54 Å². The van der Waals surface area contributed by atoms with E-state index in [1.807, 2.05) is 18.2 Å². The van der Waals surface area contributed by atoms with Crippen LogP contribution in [0.2, 0.25) is 5.02 Å². The molecule has 1 aliphatic rings. The maximum atomic E-state index is 13.2. The van der Waals surface area contributed by atoms with Gasteiger partial charge in [-0.2, -0.15) is 0 Å². The van der Waals surface area contributed by atoms with Crippen molar-refractivity contribution in [3.8, 4) is 0 Å². The van der Waals surface area contributed by atoms with E-state index in [2.05, 4.69) is 20.3 Å². The number of nitrogens with zero attached hydrogens (tertiary/aromatic N) is 5. The molecule has 168 valence electrons. The summed E-state index contributed by atoms with van der Waals surface area (Å²) in [6, 6.07) is 12.9. The van der Waals surface area contributed by atoms with Crippen LogP contribution in [0.5, 0.6) is 0 Å². The van der Waals surface area contributed by atoms with E-state index in [0.29, 0.717) is 41.7 Å². The number of amides is 1. The number of carbonyl (C=O) groups excluding carboxylic acids is 1. The molecule has 1 saturated heterocycles. The Kier molecular flexibility index (Phi) is 5.63. The number of piperidine rings is 1. The van der Waals surface area contributed by atoms with E-state index in [1.54, 1.807) is 15.6 Å². The highest BCUT2D eigenvalue weighted by molar-refractivity contribution is 6.30. The van der Waals surface area contributed by atoms with Gasteiger partial charge in [-0.1, -0.05) is 28.9 Å². The molecule has 0 bridgehead atoms. The number of aromatic nitrogens is 5. The van der Waals surface area contributed by atoms with Crippen molar-refractivity contribution < 1.29 is 9.18 Å². The van der Waals surface area contributed by atoms with Crippen LogP contribution < -0.4 is 5.56 Å². The molecule has 1 atom stereocenters. The van der Waals surface area contributed by atoms with Gasteiger partial charge in [0.2, 0.25) is 0 Å². The molecule has 1 N–H and O–H groups in total. The van der Waals surface area contributed by atoms with E-state index >= 15 is 0 Å². The second-order valence-corrected chi connectivity index (χ2v) is 8.53. The van der Waals surface area contributed by atoms with Gasteiger partial charge in [0.05, 0.1) is 6.54 Å². The van der Waals surface area contributed by atoms with Crippen molar-refractivity contribution in [1.29, 1.82) is 0 Å². The molecule has 3 heterocycles. The van der Waals surface area contributed by atoms with Gasteiger partial charge in [-0.05, 0) is 54.8 Å². The highest BCUT2D eigenvalue weighted by Gasteiger charge is 2.28. The lowest BCUT2D eigenvalue weighted by atomic mass is 9.96. The summed E-state index contributed by atoms with van der Waals surface area (Å²) in [5.74, 6) is -0.203. The molecule has 10 heteroatoms. The van der Waals surface area contributed by atoms with Gasteiger partial charge >= 0.3 is 0 Å². The number of carbonyl (C=O) groups is 1. The predicted molar refractivity (Wildman–Crippen MR) is 121 cm³/mol. The smallest absolute Gasteiger partial charge is 0.281 e. The lowest BCUT2D eigenvalue weighted by Crippen LogP contribution is -2.40. The first-order chi connectivity index (χ1) is 16.0. The van der Waals surface area contributed by atoms with Gasteiger partial charge in [0, 0.05) is 29.6 Å². The Morgan fingerprint density at radius 2 is 2.03 bits per heavy atom. The van der Waals surface area contributed by atoms with Crippen LogP contribution in [0.3, 0.4) is 0 Å². The van der Waals surface area contributed by atoms with Crippen LogP contribution in [0.1, 0.15) is 40.5 Å². The monoisotopic (exact) mass is 466 g/mol. The fraction of sp³-hybridized carbons (Fsp3) is 0.261. The summed E-state index contributed by atoms with van der Waals surface area (Å²) in [6.07, 6.45) is 1.54. The molecule has 1 fully saturated rings. The van der Waals surface area contributed by atoms with Crippen molar-refractivity contribution >= 4 is 28.7 Å². The Morgan fingerprint density at radius 3 is 2.82 bits per heavy atom. The summed E-state index contributed by atoms with van der Waals surface area (Å²) in [5, 5.41) is 8.70. The minimum absolute atomic E-state index is 0.144. The zero-order valence-electron chi connectivity index (χ0n) is 17.5. The molecule has 5 rings (SSSR count). The second kappa shape index (κ2) is 8.74. The van der Waals surface area contributed by atoms with Gasteiger partial charge in [-0.3, -0.25) is 9.59 Å². The number of H-pyrrole nitrogens is 1. The summed E-state index contributed by atoms with van der Waals surface area (Å²) in [7, 11) is 0. The summed E-state index contributed by atoms with van der Waals surface area (Å²) >= 11 is 6.08. The lowest BCUT2D eigenvalue weighted by molar-refractivity contribution is 0.0704. The van der Waals surface area contributed by atoms with Crippen molar-refractivity contribution in [1.82, 2.24) is 29.9 Å². The van der Waals surface area contributed by atoms with Gasteiger partial charge in [0.1, 0.15) is 11.6 Å². The number of hydrogen-bond acceptors (Lipinski definition) is 5. The third-order valence-corrected chi connectivity index (χ3v) is 6.03.